The number of methoxy groups -OCH3 is 3. The van der Waals surface area contributed by atoms with E-state index in [1.807, 2.05) is 0 Å². The molecule has 0 atom stereocenters. The van der Waals surface area contributed by atoms with Crippen molar-refractivity contribution in [3.8, 4) is 11.5 Å². The van der Waals surface area contributed by atoms with Crippen LogP contribution in [0.4, 0.5) is 0 Å². The van der Waals surface area contributed by atoms with Crippen LogP contribution in [0, 0.1) is 0 Å². The molecule has 106 valence electrons. The molecular formula is C13H11Cl2NO4. The SMILES string of the molecule is COC(=O)c1cnc2c(OC)cc(OC)c(Cl)c2c1Cl. The van der Waals surface area contributed by atoms with Crippen molar-refractivity contribution in [3.05, 3.63) is 27.9 Å². The molecule has 0 amide bonds. The molecule has 1 aromatic heterocycles. The summed E-state index contributed by atoms with van der Waals surface area (Å²) < 4.78 is 15.0. The highest BCUT2D eigenvalue weighted by Gasteiger charge is 2.21. The summed E-state index contributed by atoms with van der Waals surface area (Å²) in [4.78, 5) is 15.8. The topological polar surface area (TPSA) is 57.7 Å². The Balaban J connectivity index is 2.88. The number of benzene rings is 1. The first kappa shape index (κ1) is 14.7. The van der Waals surface area contributed by atoms with Crippen LogP contribution in [0.1, 0.15) is 10.4 Å². The molecule has 2 rings (SSSR count). The number of nitrogens with zero attached hydrogens (tertiary/aromatic N) is 1. The summed E-state index contributed by atoms with van der Waals surface area (Å²) in [7, 11) is 4.22. The minimum Gasteiger partial charge on any atom is -0.495 e. The van der Waals surface area contributed by atoms with Crippen molar-refractivity contribution in [1.82, 2.24) is 4.98 Å². The van der Waals surface area contributed by atoms with E-state index < -0.39 is 5.97 Å². The van der Waals surface area contributed by atoms with Crippen LogP contribution in [0.25, 0.3) is 10.9 Å². The van der Waals surface area contributed by atoms with Crippen molar-refractivity contribution in [2.45, 2.75) is 0 Å². The van der Waals surface area contributed by atoms with Crippen molar-refractivity contribution in [1.29, 1.82) is 0 Å². The van der Waals surface area contributed by atoms with Crippen LogP contribution in [0.3, 0.4) is 0 Å². The number of pyridine rings is 1. The van der Waals surface area contributed by atoms with Crippen LogP contribution in [0.2, 0.25) is 10.0 Å². The Morgan fingerprint density at radius 2 is 1.75 bits per heavy atom. The summed E-state index contributed by atoms with van der Waals surface area (Å²) in [6.45, 7) is 0. The predicted octanol–water partition coefficient (Wildman–Crippen LogP) is 3.35. The number of hydrogen-bond acceptors (Lipinski definition) is 5. The first-order valence-corrected chi connectivity index (χ1v) is 6.27. The molecule has 1 aromatic carbocycles. The lowest BCUT2D eigenvalue weighted by atomic mass is 10.1. The quantitative estimate of drug-likeness (QED) is 0.813. The Labute approximate surface area is 125 Å². The lowest BCUT2D eigenvalue weighted by molar-refractivity contribution is 0.0600. The Hall–Kier alpha value is -1.72. The van der Waals surface area contributed by atoms with Gasteiger partial charge < -0.3 is 14.2 Å². The molecule has 0 aliphatic carbocycles. The van der Waals surface area contributed by atoms with Gasteiger partial charge >= 0.3 is 5.97 Å². The van der Waals surface area contributed by atoms with Gasteiger partial charge in [-0.05, 0) is 0 Å². The maximum atomic E-state index is 11.6. The van der Waals surface area contributed by atoms with Gasteiger partial charge in [0.05, 0.1) is 36.9 Å². The average molecular weight is 316 g/mol. The van der Waals surface area contributed by atoms with E-state index >= 15 is 0 Å². The molecule has 0 spiro atoms. The van der Waals surface area contributed by atoms with Gasteiger partial charge in [0, 0.05) is 17.6 Å². The van der Waals surface area contributed by atoms with Crippen molar-refractivity contribution in [3.63, 3.8) is 0 Å². The number of aromatic nitrogens is 1. The molecule has 20 heavy (non-hydrogen) atoms. The molecule has 7 heteroatoms. The summed E-state index contributed by atoms with van der Waals surface area (Å²) >= 11 is 12.5. The third-order valence-electron chi connectivity index (χ3n) is 2.79. The zero-order chi connectivity index (χ0) is 14.9. The molecule has 0 saturated carbocycles. The van der Waals surface area contributed by atoms with Gasteiger partial charge in [0.1, 0.15) is 17.0 Å². The zero-order valence-corrected chi connectivity index (χ0v) is 12.5. The summed E-state index contributed by atoms with van der Waals surface area (Å²) in [5, 5.41) is 0.781. The van der Waals surface area contributed by atoms with Crippen molar-refractivity contribution < 1.29 is 19.0 Å². The number of esters is 1. The van der Waals surface area contributed by atoms with Crippen LogP contribution < -0.4 is 9.47 Å². The van der Waals surface area contributed by atoms with Gasteiger partial charge in [-0.3, -0.25) is 4.98 Å². The third kappa shape index (κ3) is 2.23. The molecule has 0 unspecified atom stereocenters. The number of fused-ring (bicyclic) bond motifs is 1. The van der Waals surface area contributed by atoms with Gasteiger partial charge in [-0.2, -0.15) is 0 Å². The number of carbonyl (C=O) groups is 1. The van der Waals surface area contributed by atoms with E-state index in [4.69, 9.17) is 32.7 Å². The van der Waals surface area contributed by atoms with E-state index in [-0.39, 0.29) is 15.6 Å². The van der Waals surface area contributed by atoms with E-state index in [2.05, 4.69) is 9.72 Å². The number of ether oxygens (including phenoxy) is 3. The smallest absolute Gasteiger partial charge is 0.340 e. The van der Waals surface area contributed by atoms with Crippen LogP contribution >= 0.6 is 23.2 Å². The Bertz CT molecular complexity index is 688. The normalized spacial score (nSPS) is 10.4. The Morgan fingerprint density at radius 1 is 1.10 bits per heavy atom. The lowest BCUT2D eigenvalue weighted by Crippen LogP contribution is -2.04. The van der Waals surface area contributed by atoms with Crippen molar-refractivity contribution >= 4 is 40.1 Å². The van der Waals surface area contributed by atoms with Gasteiger partial charge in [0.2, 0.25) is 0 Å². The summed E-state index contributed by atoms with van der Waals surface area (Å²) in [5.41, 5.74) is 0.565. The predicted molar refractivity (Wildman–Crippen MR) is 76.2 cm³/mol. The maximum absolute atomic E-state index is 11.6. The number of halogens is 2. The van der Waals surface area contributed by atoms with Crippen LogP contribution in [-0.2, 0) is 4.74 Å². The van der Waals surface area contributed by atoms with Gasteiger partial charge in [0.25, 0.3) is 0 Å². The second kappa shape index (κ2) is 5.73. The van der Waals surface area contributed by atoms with Gasteiger partial charge in [0.15, 0.2) is 0 Å². The largest absolute Gasteiger partial charge is 0.495 e. The maximum Gasteiger partial charge on any atom is 0.340 e. The van der Waals surface area contributed by atoms with Crippen LogP contribution in [0.15, 0.2) is 12.3 Å². The molecule has 1 heterocycles. The number of hydrogen-bond donors (Lipinski definition) is 0. The second-order valence-electron chi connectivity index (χ2n) is 3.80. The summed E-state index contributed by atoms with van der Waals surface area (Å²) in [6, 6.07) is 1.60. The molecular weight excluding hydrogens is 305 g/mol. The lowest BCUT2D eigenvalue weighted by Gasteiger charge is -2.13. The Morgan fingerprint density at radius 3 is 2.30 bits per heavy atom. The van der Waals surface area contributed by atoms with Crippen LogP contribution in [-0.4, -0.2) is 32.3 Å². The fourth-order valence-corrected chi connectivity index (χ4v) is 2.48. The fraction of sp³-hybridized carbons (Fsp3) is 0.231. The molecule has 0 aliphatic rings. The highest BCUT2D eigenvalue weighted by molar-refractivity contribution is 6.44. The fourth-order valence-electron chi connectivity index (χ4n) is 1.81. The molecule has 0 bridgehead atoms. The summed E-state index contributed by atoms with van der Waals surface area (Å²) in [5.74, 6) is 0.226. The van der Waals surface area contributed by atoms with Gasteiger partial charge in [-0.15, -0.1) is 0 Å². The summed E-state index contributed by atoms with van der Waals surface area (Å²) in [6.07, 6.45) is 1.32. The first-order valence-electron chi connectivity index (χ1n) is 5.52. The number of rotatable bonds is 3. The highest BCUT2D eigenvalue weighted by atomic mass is 35.5. The first-order chi connectivity index (χ1) is 9.54. The van der Waals surface area contributed by atoms with Crippen molar-refractivity contribution in [2.24, 2.45) is 0 Å². The van der Waals surface area contributed by atoms with Crippen LogP contribution in [0.5, 0.6) is 11.5 Å². The molecule has 0 aliphatic heterocycles. The standard InChI is InChI=1S/C13H11Cl2NO4/c1-18-7-4-8(19-2)12-9(11(7)15)10(14)6(5-16-12)13(17)20-3/h4-5H,1-3H3. The molecule has 0 fully saturated rings. The van der Waals surface area contributed by atoms with Crippen molar-refractivity contribution in [2.75, 3.05) is 21.3 Å². The zero-order valence-electron chi connectivity index (χ0n) is 11.0. The number of carbonyl (C=O) groups excluding carboxylic acids is 1. The highest BCUT2D eigenvalue weighted by Crippen LogP contribution is 2.42. The third-order valence-corrected chi connectivity index (χ3v) is 3.56. The Kier molecular flexibility index (Phi) is 4.20. The molecule has 0 N–H and O–H groups in total. The molecule has 2 aromatic rings. The molecule has 0 radical (unpaired) electrons. The minimum absolute atomic E-state index is 0.124. The monoisotopic (exact) mass is 315 g/mol. The van der Waals surface area contributed by atoms with E-state index in [1.54, 1.807) is 6.07 Å². The second-order valence-corrected chi connectivity index (χ2v) is 4.55. The molecule has 5 nitrogen and oxygen atoms in total. The molecule has 0 saturated heterocycles. The van der Waals surface area contributed by atoms with E-state index in [0.29, 0.717) is 22.4 Å². The van der Waals surface area contributed by atoms with Gasteiger partial charge in [-0.25, -0.2) is 4.79 Å². The average Bonchev–Trinajstić information content (AvgIpc) is 2.47. The van der Waals surface area contributed by atoms with E-state index in [0.717, 1.165) is 0 Å². The van der Waals surface area contributed by atoms with E-state index in [1.165, 1.54) is 27.5 Å². The minimum atomic E-state index is -0.595. The van der Waals surface area contributed by atoms with Gasteiger partial charge in [-0.1, -0.05) is 23.2 Å². The van der Waals surface area contributed by atoms with E-state index in [9.17, 15) is 4.79 Å².